The van der Waals surface area contributed by atoms with Gasteiger partial charge in [0.15, 0.2) is 0 Å². The van der Waals surface area contributed by atoms with E-state index >= 15 is 0 Å². The van der Waals surface area contributed by atoms with E-state index in [1.807, 2.05) is 6.20 Å². The molecule has 0 bridgehead atoms. The van der Waals surface area contributed by atoms with E-state index in [0.717, 1.165) is 5.92 Å². The van der Waals surface area contributed by atoms with E-state index in [-0.39, 0.29) is 0 Å². The second-order valence-electron chi connectivity index (χ2n) is 3.89. The van der Waals surface area contributed by atoms with Crippen LogP contribution in [0.2, 0.25) is 0 Å². The molecule has 0 aromatic carbocycles. The predicted octanol–water partition coefficient (Wildman–Crippen LogP) is 2.52. The van der Waals surface area contributed by atoms with Crippen LogP contribution in [0.4, 0.5) is 0 Å². The van der Waals surface area contributed by atoms with Crippen LogP contribution in [0.3, 0.4) is 0 Å². The molecule has 0 saturated heterocycles. The van der Waals surface area contributed by atoms with Crippen LogP contribution < -0.4 is 0 Å². The Morgan fingerprint density at radius 3 is 3.00 bits per heavy atom. The van der Waals surface area contributed by atoms with Gasteiger partial charge in [-0.3, -0.25) is 0 Å². The third kappa shape index (κ3) is 1.05. The van der Waals surface area contributed by atoms with Gasteiger partial charge in [-0.05, 0) is 31.4 Å². The van der Waals surface area contributed by atoms with E-state index in [4.69, 9.17) is 0 Å². The number of imidazole rings is 1. The lowest BCUT2D eigenvalue weighted by molar-refractivity contribution is 0.917. The van der Waals surface area contributed by atoms with Crippen molar-refractivity contribution in [2.45, 2.75) is 25.7 Å². The second-order valence-corrected chi connectivity index (χ2v) is 3.89. The number of hydrogen-bond donors (Lipinski definition) is 0. The van der Waals surface area contributed by atoms with Gasteiger partial charge < -0.3 is 4.40 Å². The summed E-state index contributed by atoms with van der Waals surface area (Å²) in [5, 5.41) is 0. The Morgan fingerprint density at radius 1 is 1.38 bits per heavy atom. The van der Waals surface area contributed by atoms with Crippen LogP contribution >= 0.6 is 0 Å². The zero-order chi connectivity index (χ0) is 8.84. The minimum Gasteiger partial charge on any atom is -0.303 e. The van der Waals surface area contributed by atoms with Crippen LogP contribution in [-0.4, -0.2) is 9.38 Å². The first-order chi connectivity index (χ1) is 6.34. The van der Waals surface area contributed by atoms with Crippen molar-refractivity contribution in [2.24, 2.45) is 0 Å². The van der Waals surface area contributed by atoms with Crippen molar-refractivity contribution in [3.8, 4) is 0 Å². The smallest absolute Gasteiger partial charge is 0.116 e. The van der Waals surface area contributed by atoms with Crippen molar-refractivity contribution in [1.82, 2.24) is 9.38 Å². The summed E-state index contributed by atoms with van der Waals surface area (Å²) < 4.78 is 2.23. The summed E-state index contributed by atoms with van der Waals surface area (Å²) in [6, 6.07) is 4.27. The van der Waals surface area contributed by atoms with Crippen molar-refractivity contribution in [1.29, 1.82) is 0 Å². The highest BCUT2D eigenvalue weighted by molar-refractivity contribution is 5.47. The maximum Gasteiger partial charge on any atom is 0.116 e. The molecule has 0 amide bonds. The second kappa shape index (κ2) is 2.34. The van der Waals surface area contributed by atoms with E-state index in [0.29, 0.717) is 0 Å². The van der Waals surface area contributed by atoms with Crippen molar-refractivity contribution in [3.63, 3.8) is 0 Å². The fraction of sp³-hybridized carbons (Fsp3) is 0.364. The number of fused-ring (bicyclic) bond motifs is 1. The predicted molar refractivity (Wildman–Crippen MR) is 51.9 cm³/mol. The van der Waals surface area contributed by atoms with Gasteiger partial charge in [0.05, 0.1) is 11.7 Å². The number of pyridine rings is 1. The van der Waals surface area contributed by atoms with E-state index < -0.39 is 0 Å². The molecule has 0 unspecified atom stereocenters. The molecule has 2 heterocycles. The lowest BCUT2D eigenvalue weighted by Gasteiger charge is -1.99. The van der Waals surface area contributed by atoms with Crippen LogP contribution in [0.5, 0.6) is 0 Å². The third-order valence-corrected chi connectivity index (χ3v) is 2.65. The molecule has 66 valence electrons. The summed E-state index contributed by atoms with van der Waals surface area (Å²) in [5.41, 5.74) is 2.51. The molecule has 1 aliphatic carbocycles. The Kier molecular flexibility index (Phi) is 1.29. The Hall–Kier alpha value is -1.31. The molecule has 1 saturated carbocycles. The van der Waals surface area contributed by atoms with E-state index in [1.165, 1.54) is 29.7 Å². The zero-order valence-electron chi connectivity index (χ0n) is 7.70. The van der Waals surface area contributed by atoms with Crippen LogP contribution in [-0.2, 0) is 0 Å². The van der Waals surface area contributed by atoms with E-state index in [2.05, 4.69) is 34.6 Å². The fourth-order valence-corrected chi connectivity index (χ4v) is 1.76. The summed E-state index contributed by atoms with van der Waals surface area (Å²) >= 11 is 0. The molecule has 3 rings (SSSR count). The standard InChI is InChI=1S/C11H12N2/c1-8-2-5-10-6-12-11(9-3-4-9)13(10)7-8/h2,5-7,9H,3-4H2,1H3. The van der Waals surface area contributed by atoms with Crippen molar-refractivity contribution in [3.05, 3.63) is 35.9 Å². The van der Waals surface area contributed by atoms with Crippen LogP contribution in [0.15, 0.2) is 24.5 Å². The number of rotatable bonds is 1. The van der Waals surface area contributed by atoms with Gasteiger partial charge in [-0.1, -0.05) is 6.07 Å². The van der Waals surface area contributed by atoms with Gasteiger partial charge in [-0.2, -0.15) is 0 Å². The molecule has 0 aliphatic heterocycles. The van der Waals surface area contributed by atoms with Crippen molar-refractivity contribution >= 4 is 5.52 Å². The molecule has 2 heteroatoms. The largest absolute Gasteiger partial charge is 0.303 e. The van der Waals surface area contributed by atoms with Gasteiger partial charge >= 0.3 is 0 Å². The van der Waals surface area contributed by atoms with Gasteiger partial charge in [0.2, 0.25) is 0 Å². The normalized spacial score (nSPS) is 16.7. The van der Waals surface area contributed by atoms with Crippen LogP contribution in [0, 0.1) is 6.92 Å². The maximum atomic E-state index is 4.46. The molecule has 0 N–H and O–H groups in total. The quantitative estimate of drug-likeness (QED) is 0.646. The summed E-state index contributed by atoms with van der Waals surface area (Å²) in [5.74, 6) is 1.98. The molecule has 2 aromatic rings. The molecular weight excluding hydrogens is 160 g/mol. The van der Waals surface area contributed by atoms with Crippen LogP contribution in [0.25, 0.3) is 5.52 Å². The first-order valence-corrected chi connectivity index (χ1v) is 4.78. The zero-order valence-corrected chi connectivity index (χ0v) is 7.70. The SMILES string of the molecule is Cc1ccc2cnc(C3CC3)n2c1. The summed E-state index contributed by atoms with van der Waals surface area (Å²) in [6.45, 7) is 2.12. The topological polar surface area (TPSA) is 17.3 Å². The van der Waals surface area contributed by atoms with Gasteiger partial charge in [0, 0.05) is 12.1 Å². The number of nitrogens with zero attached hydrogens (tertiary/aromatic N) is 2. The Labute approximate surface area is 77.2 Å². The van der Waals surface area contributed by atoms with Gasteiger partial charge in [0.25, 0.3) is 0 Å². The Morgan fingerprint density at radius 2 is 2.23 bits per heavy atom. The van der Waals surface area contributed by atoms with E-state index in [1.54, 1.807) is 0 Å². The average Bonchev–Trinajstić information content (AvgIpc) is 2.87. The molecule has 13 heavy (non-hydrogen) atoms. The highest BCUT2D eigenvalue weighted by atomic mass is 15.0. The maximum absolute atomic E-state index is 4.46. The molecule has 2 nitrogen and oxygen atoms in total. The summed E-state index contributed by atoms with van der Waals surface area (Å²) in [7, 11) is 0. The first-order valence-electron chi connectivity index (χ1n) is 4.78. The van der Waals surface area contributed by atoms with Crippen LogP contribution in [0.1, 0.15) is 30.1 Å². The lowest BCUT2D eigenvalue weighted by atomic mass is 10.3. The Bertz CT molecular complexity index is 452. The molecule has 0 atom stereocenters. The average molecular weight is 172 g/mol. The molecule has 0 radical (unpaired) electrons. The highest BCUT2D eigenvalue weighted by Gasteiger charge is 2.27. The number of aromatic nitrogens is 2. The summed E-state index contributed by atoms with van der Waals surface area (Å²) in [6.07, 6.45) is 6.77. The number of hydrogen-bond acceptors (Lipinski definition) is 1. The monoisotopic (exact) mass is 172 g/mol. The molecule has 1 aliphatic rings. The Balaban J connectivity index is 2.29. The third-order valence-electron chi connectivity index (χ3n) is 2.65. The fourth-order valence-electron chi connectivity index (χ4n) is 1.76. The van der Waals surface area contributed by atoms with E-state index in [9.17, 15) is 0 Å². The number of aryl methyl sites for hydroxylation is 1. The molecular formula is C11H12N2. The van der Waals surface area contributed by atoms with Gasteiger partial charge in [-0.15, -0.1) is 0 Å². The molecule has 1 fully saturated rings. The van der Waals surface area contributed by atoms with Gasteiger partial charge in [0.1, 0.15) is 5.82 Å². The highest BCUT2D eigenvalue weighted by Crippen LogP contribution is 2.39. The first kappa shape index (κ1) is 7.13. The molecule has 2 aromatic heterocycles. The lowest BCUT2D eigenvalue weighted by Crippen LogP contribution is -1.92. The minimum absolute atomic E-state index is 0.726. The van der Waals surface area contributed by atoms with Gasteiger partial charge in [-0.25, -0.2) is 4.98 Å². The molecule has 0 spiro atoms. The van der Waals surface area contributed by atoms with Crippen molar-refractivity contribution < 1.29 is 0 Å². The summed E-state index contributed by atoms with van der Waals surface area (Å²) in [4.78, 5) is 4.46. The van der Waals surface area contributed by atoms with Crippen molar-refractivity contribution in [2.75, 3.05) is 0 Å². The minimum atomic E-state index is 0.726.